The van der Waals surface area contributed by atoms with Gasteiger partial charge in [0.15, 0.2) is 0 Å². The smallest absolute Gasteiger partial charge is 0.297 e. The average molecular weight is 1070 g/mol. The van der Waals surface area contributed by atoms with Crippen molar-refractivity contribution in [2.45, 2.75) is 162 Å². The maximum absolute atomic E-state index is 7.60. The van der Waals surface area contributed by atoms with Crippen molar-refractivity contribution >= 4 is 96.8 Å². The molecule has 0 saturated heterocycles. The first-order chi connectivity index (χ1) is 38.3. The van der Waals surface area contributed by atoms with Gasteiger partial charge in [-0.2, -0.15) is 0 Å². The molecule has 9 aromatic rings. The minimum Gasteiger partial charge on any atom is -0.468 e. The lowest BCUT2D eigenvalue weighted by molar-refractivity contribution is 0.332. The topological polar surface area (TPSA) is 36.0 Å². The van der Waals surface area contributed by atoms with Gasteiger partial charge in [-0.1, -0.05) is 170 Å². The van der Waals surface area contributed by atoms with Gasteiger partial charge in [0.25, 0.3) is 6.71 Å². The lowest BCUT2D eigenvalue weighted by Gasteiger charge is -2.47. The number of allylic oxidation sites excluding steroid dienone is 1. The van der Waals surface area contributed by atoms with Gasteiger partial charge in [-0.15, -0.1) is 0 Å². The summed E-state index contributed by atoms with van der Waals surface area (Å²) in [6.45, 7) is 40.0. The Bertz CT molecular complexity index is 4070. The molecule has 81 heavy (non-hydrogen) atoms. The maximum Gasteiger partial charge on any atom is 0.297 e. The molecule has 2 aliphatic heterocycles. The highest BCUT2D eigenvalue weighted by molar-refractivity contribution is 7.00. The summed E-state index contributed by atoms with van der Waals surface area (Å²) in [5.74, 6) is 0.807. The number of benzene rings is 7. The van der Waals surface area contributed by atoms with Crippen LogP contribution in [0.4, 0.5) is 45.5 Å². The van der Waals surface area contributed by atoms with Gasteiger partial charge in [0.1, 0.15) is 16.9 Å². The molecule has 0 radical (unpaired) electrons. The second kappa shape index (κ2) is 18.0. The predicted octanol–water partition coefficient (Wildman–Crippen LogP) is 19.2. The Labute approximate surface area is 482 Å². The van der Waals surface area contributed by atoms with E-state index in [0.29, 0.717) is 0 Å². The largest absolute Gasteiger partial charge is 0.468 e. The van der Waals surface area contributed by atoms with Gasteiger partial charge in [-0.3, -0.25) is 0 Å². The van der Waals surface area contributed by atoms with Gasteiger partial charge in [-0.05, 0) is 188 Å². The van der Waals surface area contributed by atoms with E-state index < -0.39 is 0 Å². The van der Waals surface area contributed by atoms with E-state index in [2.05, 4.69) is 265 Å². The normalized spacial score (nSPS) is 17.6. The highest BCUT2D eigenvalue weighted by Crippen LogP contribution is 2.55. The van der Waals surface area contributed by atoms with E-state index in [4.69, 9.17) is 8.83 Å². The van der Waals surface area contributed by atoms with Crippen LogP contribution in [0.1, 0.15) is 167 Å². The number of aryl methyl sites for hydroxylation is 1. The van der Waals surface area contributed by atoms with Crippen molar-refractivity contribution in [2.24, 2.45) is 0 Å². The lowest BCUT2D eigenvalue weighted by atomic mass is 9.35. The zero-order chi connectivity index (χ0) is 57.1. The van der Waals surface area contributed by atoms with Gasteiger partial charge < -0.3 is 23.5 Å². The molecule has 0 saturated carbocycles. The summed E-state index contributed by atoms with van der Waals surface area (Å²) in [4.78, 5) is 7.59. The van der Waals surface area contributed by atoms with Gasteiger partial charge in [0, 0.05) is 62.2 Å². The van der Waals surface area contributed by atoms with Crippen LogP contribution in [-0.4, -0.2) is 6.71 Å². The van der Waals surface area contributed by atoms with Crippen molar-refractivity contribution in [2.75, 3.05) is 14.7 Å². The minimum atomic E-state index is -0.238. The maximum atomic E-state index is 7.60. The number of fused-ring (bicyclic) bond motifs is 9. The fourth-order valence-corrected chi connectivity index (χ4v) is 14.2. The lowest BCUT2D eigenvalue weighted by Crippen LogP contribution is -2.61. The molecular weight excluding hydrogens is 986 g/mol. The van der Waals surface area contributed by atoms with Gasteiger partial charge >= 0.3 is 0 Å². The highest BCUT2D eigenvalue weighted by atomic mass is 16.3. The summed E-state index contributed by atoms with van der Waals surface area (Å²) in [6, 6.07) is 53.0. The molecular formula is C75H80BN3O2. The molecule has 0 spiro atoms. The molecule has 0 bridgehead atoms. The first-order valence-electron chi connectivity index (χ1n) is 29.7. The van der Waals surface area contributed by atoms with Crippen LogP contribution in [0.25, 0.3) is 28.0 Å². The number of hydrogen-bond acceptors (Lipinski definition) is 5. The SMILES string of the molecule is C=C/C(=C\c1oc2ccccc2c1C)N(c1ccccc1)c1cc2c3c(c1)N(c1ccc(C(C)(C)C)cc1)c1c(oc4ccc(C(C)(C)C)cc14)B3c1cc3c(cc1N2c1ccc2c(c1)C(C)(C)CCC2(C)C)C(C)(C)CCC3(C)C. The summed E-state index contributed by atoms with van der Waals surface area (Å²) >= 11 is 0. The summed E-state index contributed by atoms with van der Waals surface area (Å²) < 4.78 is 14.3. The molecule has 7 aromatic carbocycles. The molecule has 4 aliphatic rings. The molecule has 0 N–H and O–H groups in total. The second-order valence-corrected chi connectivity index (χ2v) is 28.8. The molecule has 13 rings (SSSR count). The standard InChI is InChI=1S/C75H80BN3O2/c1-17-49(43-66-46(2)54-25-21-22-26-64(54)80-66)77(50-23-19-18-20-24-50)53-41-62-67-63(42-53)79(51-30-27-47(28-31-51)70(3,4)5)68-55-39-48(71(6,7)8)29-34-65(55)81-69(68)76(67)60-44-58-59(75(15,16)38-37-74(58,13)14)45-61(60)78(62)52-32-33-56-57(40-52)73(11,12)36-35-72(56,9)10/h17-34,39-45H,1,35-38H2,2-16H3/b49-43+. The van der Waals surface area contributed by atoms with Crippen molar-refractivity contribution in [3.63, 3.8) is 0 Å². The van der Waals surface area contributed by atoms with E-state index in [-0.39, 0.29) is 39.2 Å². The number of hydrogen-bond donors (Lipinski definition) is 0. The third-order valence-electron chi connectivity index (χ3n) is 19.5. The molecule has 5 nitrogen and oxygen atoms in total. The molecule has 2 aliphatic carbocycles. The van der Waals surface area contributed by atoms with Crippen LogP contribution in [0.3, 0.4) is 0 Å². The second-order valence-electron chi connectivity index (χ2n) is 28.8. The molecule has 410 valence electrons. The van der Waals surface area contributed by atoms with Crippen LogP contribution in [0.2, 0.25) is 0 Å². The Hall–Kier alpha value is -7.44. The first-order valence-corrected chi connectivity index (χ1v) is 29.7. The van der Waals surface area contributed by atoms with Crippen molar-refractivity contribution in [1.82, 2.24) is 0 Å². The zero-order valence-corrected chi connectivity index (χ0v) is 50.7. The monoisotopic (exact) mass is 1070 g/mol. The van der Waals surface area contributed by atoms with E-state index in [1.165, 1.54) is 55.7 Å². The van der Waals surface area contributed by atoms with E-state index in [1.54, 1.807) is 0 Å². The van der Waals surface area contributed by atoms with Crippen molar-refractivity contribution in [1.29, 1.82) is 0 Å². The van der Waals surface area contributed by atoms with Crippen LogP contribution in [0.5, 0.6) is 0 Å². The summed E-state index contributed by atoms with van der Waals surface area (Å²) in [7, 11) is 0. The predicted molar refractivity (Wildman–Crippen MR) is 346 cm³/mol. The molecule has 2 aromatic heterocycles. The number of anilines is 8. The molecule has 0 fully saturated rings. The van der Waals surface area contributed by atoms with Crippen LogP contribution in [0, 0.1) is 6.92 Å². The van der Waals surface area contributed by atoms with Crippen molar-refractivity contribution in [3.05, 3.63) is 203 Å². The van der Waals surface area contributed by atoms with Crippen LogP contribution >= 0.6 is 0 Å². The molecule has 0 atom stereocenters. The summed E-state index contributed by atoms with van der Waals surface area (Å²) in [6.07, 6.45) is 8.67. The number of nitrogens with zero attached hydrogens (tertiary/aromatic N) is 3. The Morgan fingerprint density at radius 2 is 1.09 bits per heavy atom. The Morgan fingerprint density at radius 3 is 1.72 bits per heavy atom. The molecule has 0 unspecified atom stereocenters. The van der Waals surface area contributed by atoms with E-state index >= 15 is 0 Å². The Kier molecular flexibility index (Phi) is 11.8. The van der Waals surface area contributed by atoms with Crippen LogP contribution in [-0.2, 0) is 32.5 Å². The Morgan fingerprint density at radius 1 is 0.531 bits per heavy atom. The van der Waals surface area contributed by atoms with Crippen molar-refractivity contribution in [3.8, 4) is 0 Å². The summed E-state index contributed by atoms with van der Waals surface area (Å²) in [5.41, 5.74) is 24.2. The third-order valence-corrected chi connectivity index (χ3v) is 19.5. The fraction of sp³-hybridized carbons (Fsp3) is 0.333. The van der Waals surface area contributed by atoms with Gasteiger partial charge in [-0.25, -0.2) is 0 Å². The van der Waals surface area contributed by atoms with E-state index in [0.717, 1.165) is 104 Å². The van der Waals surface area contributed by atoms with Crippen molar-refractivity contribution < 1.29 is 8.83 Å². The summed E-state index contributed by atoms with van der Waals surface area (Å²) in [5, 5.41) is 2.22. The van der Waals surface area contributed by atoms with Gasteiger partial charge in [0.05, 0.1) is 17.0 Å². The van der Waals surface area contributed by atoms with Gasteiger partial charge in [0.2, 0.25) is 0 Å². The zero-order valence-electron chi connectivity index (χ0n) is 50.7. The average Bonchev–Trinajstić information content (AvgIpc) is 4.21. The highest BCUT2D eigenvalue weighted by Gasteiger charge is 2.50. The molecule has 6 heteroatoms. The first kappa shape index (κ1) is 52.9. The number of rotatable bonds is 7. The molecule has 0 amide bonds. The number of para-hydroxylation sites is 2. The van der Waals surface area contributed by atoms with Crippen LogP contribution < -0.4 is 31.3 Å². The number of furan rings is 2. The minimum absolute atomic E-state index is 0.0151. The molecule has 4 heterocycles. The van der Waals surface area contributed by atoms with E-state index in [9.17, 15) is 0 Å². The Balaban J connectivity index is 1.20. The van der Waals surface area contributed by atoms with Crippen LogP contribution in [0.15, 0.2) is 167 Å². The van der Waals surface area contributed by atoms with E-state index in [1.807, 2.05) is 12.1 Å². The third kappa shape index (κ3) is 8.39. The quantitative estimate of drug-likeness (QED) is 0.117. The fourth-order valence-electron chi connectivity index (χ4n) is 14.2.